The molecule has 0 radical (unpaired) electrons. The van der Waals surface area contributed by atoms with Gasteiger partial charge in [-0.25, -0.2) is 4.98 Å². The molecule has 2 heterocycles. The average molecular weight is 368 g/mol. The van der Waals surface area contributed by atoms with Crippen LogP contribution in [-0.4, -0.2) is 24.0 Å². The predicted octanol–water partition coefficient (Wildman–Crippen LogP) is 3.25. The fourth-order valence-corrected chi connectivity index (χ4v) is 3.69. The van der Waals surface area contributed by atoms with E-state index in [2.05, 4.69) is 22.5 Å². The Balaban J connectivity index is 0.00000220. The van der Waals surface area contributed by atoms with E-state index in [4.69, 9.17) is 0 Å². The molecular weight excluding hydrogens is 341 g/mol. The Bertz CT molecular complexity index is 462. The lowest BCUT2D eigenvalue weighted by molar-refractivity contribution is -0.122. The summed E-state index contributed by atoms with van der Waals surface area (Å²) in [6.07, 6.45) is 3.10. The zero-order valence-electron chi connectivity index (χ0n) is 13.5. The largest absolute Gasteiger partial charge is 0.351 e. The highest BCUT2D eigenvalue weighted by Gasteiger charge is 2.22. The van der Waals surface area contributed by atoms with E-state index in [9.17, 15) is 4.79 Å². The second kappa shape index (κ2) is 10.4. The minimum absolute atomic E-state index is 0. The van der Waals surface area contributed by atoms with Crippen LogP contribution in [0.4, 0.5) is 0 Å². The van der Waals surface area contributed by atoms with Gasteiger partial charge in [0, 0.05) is 11.3 Å². The van der Waals surface area contributed by atoms with E-state index in [1.807, 2.05) is 13.8 Å². The maximum atomic E-state index is 12.0. The first kappa shape index (κ1) is 21.6. The molecule has 1 fully saturated rings. The number of aryl methyl sites for hydroxylation is 2. The van der Waals surface area contributed by atoms with Crippen molar-refractivity contribution in [2.45, 2.75) is 46.6 Å². The molecule has 2 N–H and O–H groups in total. The van der Waals surface area contributed by atoms with Gasteiger partial charge in [0.05, 0.1) is 17.2 Å². The number of carbonyl (C=O) groups excluding carboxylic acids is 1. The summed E-state index contributed by atoms with van der Waals surface area (Å²) in [7, 11) is 0. The van der Waals surface area contributed by atoms with Crippen LogP contribution in [0.3, 0.4) is 0 Å². The molecule has 2 atom stereocenters. The molecule has 0 spiro atoms. The molecule has 1 aliphatic rings. The van der Waals surface area contributed by atoms with Crippen molar-refractivity contribution in [2.75, 3.05) is 13.1 Å². The number of nitrogens with zero attached hydrogens (tertiary/aromatic N) is 1. The highest BCUT2D eigenvalue weighted by Crippen LogP contribution is 2.22. The number of hydrogen-bond acceptors (Lipinski definition) is 4. The van der Waals surface area contributed by atoms with E-state index in [-0.39, 0.29) is 30.7 Å². The standard InChI is InChI=1S/C15H25N3OS.2ClH/c1-10(13-5-4-6-16-8-13)7-15(19)17-9-14-11(2)18-12(3)20-14;;/h10,13,16H,4-9H2,1-3H3,(H,17,19);2*1H. The second-order valence-electron chi connectivity index (χ2n) is 5.81. The van der Waals surface area contributed by atoms with Gasteiger partial charge in [0.15, 0.2) is 0 Å². The van der Waals surface area contributed by atoms with Crippen LogP contribution < -0.4 is 10.6 Å². The molecule has 0 bridgehead atoms. The van der Waals surface area contributed by atoms with E-state index < -0.39 is 0 Å². The lowest BCUT2D eigenvalue weighted by atomic mass is 9.85. The maximum Gasteiger partial charge on any atom is 0.220 e. The van der Waals surface area contributed by atoms with Crippen LogP contribution in [0.2, 0.25) is 0 Å². The van der Waals surface area contributed by atoms with Crippen LogP contribution in [0.1, 0.15) is 41.8 Å². The SMILES string of the molecule is Cc1nc(C)c(CNC(=O)CC(C)C2CCCNC2)s1.Cl.Cl. The van der Waals surface area contributed by atoms with Gasteiger partial charge in [-0.2, -0.15) is 0 Å². The van der Waals surface area contributed by atoms with E-state index in [0.29, 0.717) is 24.8 Å². The van der Waals surface area contributed by atoms with Crippen molar-refractivity contribution in [1.82, 2.24) is 15.6 Å². The fourth-order valence-electron chi connectivity index (χ4n) is 2.81. The molecule has 1 aromatic heterocycles. The molecule has 1 saturated heterocycles. The van der Waals surface area contributed by atoms with Gasteiger partial charge in [-0.1, -0.05) is 6.92 Å². The number of halogens is 2. The molecule has 0 aromatic carbocycles. The summed E-state index contributed by atoms with van der Waals surface area (Å²) in [5, 5.41) is 7.52. The van der Waals surface area contributed by atoms with Crippen molar-refractivity contribution in [2.24, 2.45) is 11.8 Å². The van der Waals surface area contributed by atoms with Crippen LogP contribution in [-0.2, 0) is 11.3 Å². The molecule has 2 rings (SSSR count). The van der Waals surface area contributed by atoms with Crippen LogP contribution >= 0.6 is 36.2 Å². The Hall–Kier alpha value is -0.360. The molecule has 1 amide bonds. The third-order valence-corrected chi connectivity index (χ3v) is 5.17. The first-order valence-corrected chi connectivity index (χ1v) is 8.28. The van der Waals surface area contributed by atoms with Crippen molar-refractivity contribution in [3.63, 3.8) is 0 Å². The number of nitrogens with one attached hydrogen (secondary N) is 2. The number of piperidine rings is 1. The molecule has 2 unspecified atom stereocenters. The highest BCUT2D eigenvalue weighted by atomic mass is 35.5. The summed E-state index contributed by atoms with van der Waals surface area (Å²) in [5.41, 5.74) is 1.04. The Morgan fingerprint density at radius 2 is 2.18 bits per heavy atom. The summed E-state index contributed by atoms with van der Waals surface area (Å²) in [6, 6.07) is 0. The summed E-state index contributed by atoms with van der Waals surface area (Å²) < 4.78 is 0. The van der Waals surface area contributed by atoms with E-state index in [1.54, 1.807) is 11.3 Å². The number of rotatable bonds is 5. The quantitative estimate of drug-likeness (QED) is 0.839. The lowest BCUT2D eigenvalue weighted by Gasteiger charge is -2.28. The van der Waals surface area contributed by atoms with E-state index in [0.717, 1.165) is 23.8 Å². The van der Waals surface area contributed by atoms with Gasteiger partial charge in [-0.05, 0) is 51.6 Å². The molecule has 0 saturated carbocycles. The van der Waals surface area contributed by atoms with Crippen molar-refractivity contribution in [1.29, 1.82) is 0 Å². The normalized spacial score (nSPS) is 18.8. The van der Waals surface area contributed by atoms with Gasteiger partial charge in [-0.15, -0.1) is 36.2 Å². The first-order valence-electron chi connectivity index (χ1n) is 7.46. The van der Waals surface area contributed by atoms with Crippen LogP contribution in [0.15, 0.2) is 0 Å². The topological polar surface area (TPSA) is 54.0 Å². The Morgan fingerprint density at radius 1 is 1.45 bits per heavy atom. The van der Waals surface area contributed by atoms with Crippen LogP contribution in [0.25, 0.3) is 0 Å². The monoisotopic (exact) mass is 367 g/mol. The predicted molar refractivity (Wildman–Crippen MR) is 97.3 cm³/mol. The molecule has 1 aromatic rings. The fraction of sp³-hybridized carbons (Fsp3) is 0.733. The number of amides is 1. The average Bonchev–Trinajstić information content (AvgIpc) is 2.75. The molecule has 1 aliphatic heterocycles. The number of carbonyl (C=O) groups is 1. The number of aromatic nitrogens is 1. The minimum atomic E-state index is 0. The van der Waals surface area contributed by atoms with Gasteiger partial charge in [-0.3, -0.25) is 4.79 Å². The van der Waals surface area contributed by atoms with Crippen molar-refractivity contribution in [3.8, 4) is 0 Å². The number of thiazole rings is 1. The Morgan fingerprint density at radius 3 is 2.73 bits per heavy atom. The van der Waals surface area contributed by atoms with Gasteiger partial charge in [0.1, 0.15) is 0 Å². The van der Waals surface area contributed by atoms with Gasteiger partial charge in [0.25, 0.3) is 0 Å². The van der Waals surface area contributed by atoms with Crippen molar-refractivity contribution < 1.29 is 4.79 Å². The molecule has 0 aliphatic carbocycles. The number of hydrogen-bond donors (Lipinski definition) is 2. The van der Waals surface area contributed by atoms with Gasteiger partial charge >= 0.3 is 0 Å². The first-order chi connectivity index (χ1) is 9.56. The highest BCUT2D eigenvalue weighted by molar-refractivity contribution is 7.11. The van der Waals surface area contributed by atoms with E-state index >= 15 is 0 Å². The third kappa shape index (κ3) is 6.41. The van der Waals surface area contributed by atoms with Gasteiger partial charge < -0.3 is 10.6 Å². The molecule has 128 valence electrons. The van der Waals surface area contributed by atoms with Crippen LogP contribution in [0.5, 0.6) is 0 Å². The van der Waals surface area contributed by atoms with Crippen molar-refractivity contribution >= 4 is 42.1 Å². The third-order valence-electron chi connectivity index (χ3n) is 4.09. The molecular formula is C15H27Cl2N3OS. The zero-order chi connectivity index (χ0) is 14.5. The molecule has 7 heteroatoms. The summed E-state index contributed by atoms with van der Waals surface area (Å²) in [6.45, 7) is 8.99. The summed E-state index contributed by atoms with van der Waals surface area (Å²) in [5.74, 6) is 1.25. The maximum absolute atomic E-state index is 12.0. The minimum Gasteiger partial charge on any atom is -0.351 e. The molecule has 22 heavy (non-hydrogen) atoms. The summed E-state index contributed by atoms with van der Waals surface area (Å²) in [4.78, 5) is 17.6. The lowest BCUT2D eigenvalue weighted by Crippen LogP contribution is -2.35. The van der Waals surface area contributed by atoms with Crippen molar-refractivity contribution in [3.05, 3.63) is 15.6 Å². The van der Waals surface area contributed by atoms with Crippen LogP contribution in [0, 0.1) is 25.7 Å². The molecule has 4 nitrogen and oxygen atoms in total. The smallest absolute Gasteiger partial charge is 0.220 e. The Labute approximate surface area is 149 Å². The second-order valence-corrected chi connectivity index (χ2v) is 7.09. The van der Waals surface area contributed by atoms with Gasteiger partial charge in [0.2, 0.25) is 5.91 Å². The summed E-state index contributed by atoms with van der Waals surface area (Å²) >= 11 is 1.67. The zero-order valence-corrected chi connectivity index (χ0v) is 15.9. The van der Waals surface area contributed by atoms with E-state index in [1.165, 1.54) is 17.7 Å². The Kier molecular flexibility index (Phi) is 10.3.